The predicted molar refractivity (Wildman–Crippen MR) is 98.6 cm³/mol. The highest BCUT2D eigenvalue weighted by Gasteiger charge is 2.32. The average Bonchev–Trinajstić information content (AvgIpc) is 2.62. The number of nitrogens with zero attached hydrogens (tertiary/aromatic N) is 1. The summed E-state index contributed by atoms with van der Waals surface area (Å²) in [4.78, 5) is 13.3. The highest BCUT2D eigenvalue weighted by Crippen LogP contribution is 2.39. The third kappa shape index (κ3) is 3.58. The number of carboxylic acid groups (broad SMARTS) is 1. The van der Waals surface area contributed by atoms with Crippen LogP contribution in [0.15, 0.2) is 40.9 Å². The van der Waals surface area contributed by atoms with E-state index in [9.17, 15) is 9.90 Å². The van der Waals surface area contributed by atoms with E-state index in [0.29, 0.717) is 30.9 Å². The molecule has 25 heavy (non-hydrogen) atoms. The molecule has 1 aliphatic rings. The SMILES string of the molecule is COc1cc2c(cc1OC)C(Cc1ccc(Br)cc1)N(C(=O)O)CC2. The second-order valence-corrected chi connectivity index (χ2v) is 6.89. The molecular weight excluding hydrogens is 386 g/mol. The highest BCUT2D eigenvalue weighted by atomic mass is 79.9. The number of amides is 1. The maximum Gasteiger partial charge on any atom is 0.407 e. The largest absolute Gasteiger partial charge is 0.493 e. The molecule has 0 fully saturated rings. The Bertz CT molecular complexity index is 776. The lowest BCUT2D eigenvalue weighted by atomic mass is 9.88. The summed E-state index contributed by atoms with van der Waals surface area (Å²) in [7, 11) is 3.20. The summed E-state index contributed by atoms with van der Waals surface area (Å²) in [6.07, 6.45) is 0.378. The van der Waals surface area contributed by atoms with E-state index >= 15 is 0 Å². The molecule has 132 valence electrons. The van der Waals surface area contributed by atoms with E-state index in [0.717, 1.165) is 21.2 Å². The van der Waals surface area contributed by atoms with Crippen LogP contribution in [0.3, 0.4) is 0 Å². The lowest BCUT2D eigenvalue weighted by Gasteiger charge is -2.36. The Morgan fingerprint density at radius 3 is 2.44 bits per heavy atom. The van der Waals surface area contributed by atoms with E-state index in [-0.39, 0.29) is 6.04 Å². The average molecular weight is 406 g/mol. The van der Waals surface area contributed by atoms with Gasteiger partial charge in [0.2, 0.25) is 0 Å². The van der Waals surface area contributed by atoms with E-state index < -0.39 is 6.09 Å². The van der Waals surface area contributed by atoms with Gasteiger partial charge < -0.3 is 19.5 Å². The van der Waals surface area contributed by atoms with Gasteiger partial charge in [0.15, 0.2) is 11.5 Å². The van der Waals surface area contributed by atoms with Crippen molar-refractivity contribution in [3.05, 3.63) is 57.6 Å². The lowest BCUT2D eigenvalue weighted by Crippen LogP contribution is -2.40. The van der Waals surface area contributed by atoms with Crippen LogP contribution in [0.5, 0.6) is 11.5 Å². The van der Waals surface area contributed by atoms with Crippen LogP contribution in [0.2, 0.25) is 0 Å². The lowest BCUT2D eigenvalue weighted by molar-refractivity contribution is 0.119. The van der Waals surface area contributed by atoms with Gasteiger partial charge in [0.25, 0.3) is 0 Å². The number of halogens is 1. The van der Waals surface area contributed by atoms with Crippen LogP contribution >= 0.6 is 15.9 Å². The molecule has 0 aromatic heterocycles. The fourth-order valence-electron chi connectivity index (χ4n) is 3.32. The second-order valence-electron chi connectivity index (χ2n) is 5.98. The molecular formula is C19H20BrNO4. The Balaban J connectivity index is 2.03. The molecule has 1 atom stereocenters. The number of hydrogen-bond acceptors (Lipinski definition) is 3. The van der Waals surface area contributed by atoms with Gasteiger partial charge in [-0.05, 0) is 53.8 Å². The van der Waals surface area contributed by atoms with Crippen molar-refractivity contribution in [1.29, 1.82) is 0 Å². The van der Waals surface area contributed by atoms with E-state index in [4.69, 9.17) is 9.47 Å². The Morgan fingerprint density at radius 1 is 1.20 bits per heavy atom. The van der Waals surface area contributed by atoms with Crippen molar-refractivity contribution in [1.82, 2.24) is 4.90 Å². The summed E-state index contributed by atoms with van der Waals surface area (Å²) in [5.41, 5.74) is 3.17. The van der Waals surface area contributed by atoms with Crippen molar-refractivity contribution in [3.8, 4) is 11.5 Å². The Kier molecular flexibility index (Phi) is 5.18. The van der Waals surface area contributed by atoms with Crippen LogP contribution in [0.4, 0.5) is 4.79 Å². The molecule has 1 amide bonds. The van der Waals surface area contributed by atoms with Crippen molar-refractivity contribution in [2.24, 2.45) is 0 Å². The van der Waals surface area contributed by atoms with Crippen LogP contribution < -0.4 is 9.47 Å². The minimum Gasteiger partial charge on any atom is -0.493 e. The summed E-state index contributed by atoms with van der Waals surface area (Å²) >= 11 is 3.43. The zero-order chi connectivity index (χ0) is 18.0. The fraction of sp³-hybridized carbons (Fsp3) is 0.316. The number of hydrogen-bond donors (Lipinski definition) is 1. The monoisotopic (exact) mass is 405 g/mol. The smallest absolute Gasteiger partial charge is 0.407 e. The molecule has 0 saturated heterocycles. The van der Waals surface area contributed by atoms with Crippen LogP contribution in [-0.2, 0) is 12.8 Å². The van der Waals surface area contributed by atoms with Crippen LogP contribution in [0.25, 0.3) is 0 Å². The number of methoxy groups -OCH3 is 2. The van der Waals surface area contributed by atoms with Crippen molar-refractivity contribution >= 4 is 22.0 Å². The summed E-state index contributed by atoms with van der Waals surface area (Å²) in [6.45, 7) is 0.471. The molecule has 0 spiro atoms. The van der Waals surface area contributed by atoms with Gasteiger partial charge in [-0.1, -0.05) is 28.1 Å². The first kappa shape index (κ1) is 17.6. The molecule has 2 aromatic carbocycles. The molecule has 3 rings (SSSR count). The predicted octanol–water partition coefficient (Wildman–Crippen LogP) is 4.29. The van der Waals surface area contributed by atoms with Gasteiger partial charge in [0, 0.05) is 11.0 Å². The molecule has 5 nitrogen and oxygen atoms in total. The molecule has 1 N–H and O–H groups in total. The van der Waals surface area contributed by atoms with E-state index in [1.807, 2.05) is 36.4 Å². The summed E-state index contributed by atoms with van der Waals surface area (Å²) in [5, 5.41) is 9.65. The number of benzene rings is 2. The van der Waals surface area contributed by atoms with Crippen LogP contribution in [-0.4, -0.2) is 36.9 Å². The van der Waals surface area contributed by atoms with Gasteiger partial charge in [-0.25, -0.2) is 4.79 Å². The number of ether oxygens (including phenoxy) is 2. The Hall–Kier alpha value is -2.21. The highest BCUT2D eigenvalue weighted by molar-refractivity contribution is 9.10. The summed E-state index contributed by atoms with van der Waals surface area (Å²) in [6, 6.07) is 11.6. The van der Waals surface area contributed by atoms with Crippen molar-refractivity contribution in [2.75, 3.05) is 20.8 Å². The van der Waals surface area contributed by atoms with E-state index in [1.54, 1.807) is 14.2 Å². The summed E-state index contributed by atoms with van der Waals surface area (Å²) < 4.78 is 11.8. The van der Waals surface area contributed by atoms with Crippen LogP contribution in [0.1, 0.15) is 22.7 Å². The van der Waals surface area contributed by atoms with Crippen molar-refractivity contribution < 1.29 is 19.4 Å². The summed E-state index contributed by atoms with van der Waals surface area (Å²) in [5.74, 6) is 1.29. The third-order valence-electron chi connectivity index (χ3n) is 4.59. The standard InChI is InChI=1S/C19H20BrNO4/c1-24-17-10-13-7-8-21(19(22)23)16(15(13)11-18(17)25-2)9-12-3-5-14(20)6-4-12/h3-6,10-11,16H,7-9H2,1-2H3,(H,22,23). The van der Waals surface area contributed by atoms with Gasteiger partial charge in [0.1, 0.15) is 0 Å². The van der Waals surface area contributed by atoms with E-state index in [2.05, 4.69) is 15.9 Å². The molecule has 0 aliphatic carbocycles. The first-order valence-electron chi connectivity index (χ1n) is 8.02. The molecule has 1 heterocycles. The van der Waals surface area contributed by atoms with Crippen LogP contribution in [0, 0.1) is 0 Å². The number of fused-ring (bicyclic) bond motifs is 1. The van der Waals surface area contributed by atoms with Gasteiger partial charge in [0.05, 0.1) is 20.3 Å². The minimum atomic E-state index is -0.900. The maximum absolute atomic E-state index is 11.8. The molecule has 1 unspecified atom stereocenters. The van der Waals surface area contributed by atoms with E-state index in [1.165, 1.54) is 4.90 Å². The zero-order valence-corrected chi connectivity index (χ0v) is 15.7. The number of carbonyl (C=O) groups is 1. The van der Waals surface area contributed by atoms with Gasteiger partial charge in [-0.15, -0.1) is 0 Å². The minimum absolute atomic E-state index is 0.248. The van der Waals surface area contributed by atoms with Crippen molar-refractivity contribution in [3.63, 3.8) is 0 Å². The molecule has 0 radical (unpaired) electrons. The van der Waals surface area contributed by atoms with Gasteiger partial charge >= 0.3 is 6.09 Å². The topological polar surface area (TPSA) is 59.0 Å². The quantitative estimate of drug-likeness (QED) is 0.823. The number of rotatable bonds is 4. The maximum atomic E-state index is 11.8. The molecule has 6 heteroatoms. The first-order chi connectivity index (χ1) is 12.0. The van der Waals surface area contributed by atoms with Gasteiger partial charge in [-0.2, -0.15) is 0 Å². The Labute approximate surface area is 155 Å². The molecule has 2 aromatic rings. The Morgan fingerprint density at radius 2 is 1.84 bits per heavy atom. The normalized spacial score (nSPS) is 16.3. The van der Waals surface area contributed by atoms with Gasteiger partial charge in [-0.3, -0.25) is 0 Å². The van der Waals surface area contributed by atoms with Crippen molar-refractivity contribution in [2.45, 2.75) is 18.9 Å². The molecule has 0 bridgehead atoms. The third-order valence-corrected chi connectivity index (χ3v) is 5.12. The fourth-order valence-corrected chi connectivity index (χ4v) is 3.59. The molecule has 0 saturated carbocycles. The zero-order valence-electron chi connectivity index (χ0n) is 14.2. The second kappa shape index (κ2) is 7.35. The molecule has 1 aliphatic heterocycles. The first-order valence-corrected chi connectivity index (χ1v) is 8.81.